The number of hydrogen-bond acceptors (Lipinski definition) is 4. The van der Waals surface area contributed by atoms with Crippen molar-refractivity contribution in [3.05, 3.63) is 87.9 Å². The van der Waals surface area contributed by atoms with E-state index in [1.165, 1.54) is 0 Å². The lowest BCUT2D eigenvalue weighted by Crippen LogP contribution is -1.99. The molecule has 0 radical (unpaired) electrons. The summed E-state index contributed by atoms with van der Waals surface area (Å²) >= 11 is 12.0. The van der Waals surface area contributed by atoms with E-state index in [2.05, 4.69) is 10.5 Å². The number of benzene rings is 3. The van der Waals surface area contributed by atoms with Gasteiger partial charge in [-0.1, -0.05) is 47.5 Å². The summed E-state index contributed by atoms with van der Waals surface area (Å²) in [6.45, 7) is 0.357. The zero-order chi connectivity index (χ0) is 19.1. The summed E-state index contributed by atoms with van der Waals surface area (Å²) in [5, 5.41) is 5.25. The fourth-order valence-electron chi connectivity index (χ4n) is 2.37. The van der Waals surface area contributed by atoms with Crippen LogP contribution in [-0.2, 0) is 6.61 Å². The third kappa shape index (κ3) is 5.39. The minimum atomic E-state index is 0.357. The lowest BCUT2D eigenvalue weighted by Gasteiger charge is -2.11. The number of ether oxygens (including phenoxy) is 2. The largest absolute Gasteiger partial charge is 0.493 e. The van der Waals surface area contributed by atoms with Crippen molar-refractivity contribution in [2.45, 2.75) is 6.61 Å². The first-order valence-corrected chi connectivity index (χ1v) is 9.00. The summed E-state index contributed by atoms with van der Waals surface area (Å²) < 4.78 is 11.3. The Labute approximate surface area is 168 Å². The molecule has 0 atom stereocenters. The van der Waals surface area contributed by atoms with Gasteiger partial charge in [0.25, 0.3) is 0 Å². The van der Waals surface area contributed by atoms with Gasteiger partial charge in [0.05, 0.1) is 29.1 Å². The van der Waals surface area contributed by atoms with Gasteiger partial charge >= 0.3 is 0 Å². The molecule has 0 saturated carbocycles. The Balaban J connectivity index is 1.65. The van der Waals surface area contributed by atoms with E-state index in [0.717, 1.165) is 16.8 Å². The van der Waals surface area contributed by atoms with Crippen molar-refractivity contribution < 1.29 is 9.47 Å². The van der Waals surface area contributed by atoms with Crippen molar-refractivity contribution >= 4 is 35.1 Å². The molecule has 0 fully saturated rings. The highest BCUT2D eigenvalue weighted by atomic mass is 35.5. The Morgan fingerprint density at radius 1 is 0.926 bits per heavy atom. The highest BCUT2D eigenvalue weighted by Gasteiger charge is 2.07. The van der Waals surface area contributed by atoms with Crippen molar-refractivity contribution in [3.8, 4) is 11.5 Å². The number of hydrazone groups is 1. The first kappa shape index (κ1) is 19.1. The second-order valence-corrected chi connectivity index (χ2v) is 6.50. The molecule has 0 aliphatic rings. The average molecular weight is 401 g/mol. The Bertz CT molecular complexity index is 931. The number of rotatable bonds is 7. The predicted molar refractivity (Wildman–Crippen MR) is 111 cm³/mol. The second kappa shape index (κ2) is 9.31. The molecule has 0 aliphatic heterocycles. The summed E-state index contributed by atoms with van der Waals surface area (Å²) in [6.07, 6.45) is 1.72. The molecule has 0 saturated heterocycles. The molecule has 0 spiro atoms. The topological polar surface area (TPSA) is 42.8 Å². The van der Waals surface area contributed by atoms with Gasteiger partial charge in [0.15, 0.2) is 11.5 Å². The number of methoxy groups -OCH3 is 1. The van der Waals surface area contributed by atoms with Crippen molar-refractivity contribution in [2.75, 3.05) is 12.5 Å². The van der Waals surface area contributed by atoms with Crippen LogP contribution >= 0.6 is 23.2 Å². The van der Waals surface area contributed by atoms with Crippen molar-refractivity contribution in [2.24, 2.45) is 5.10 Å². The molecule has 27 heavy (non-hydrogen) atoms. The van der Waals surface area contributed by atoms with Crippen LogP contribution in [0.5, 0.6) is 11.5 Å². The van der Waals surface area contributed by atoms with Gasteiger partial charge in [-0.3, -0.25) is 5.43 Å². The van der Waals surface area contributed by atoms with Crippen LogP contribution in [0.3, 0.4) is 0 Å². The first-order chi connectivity index (χ1) is 13.2. The highest BCUT2D eigenvalue weighted by molar-refractivity contribution is 6.42. The molecule has 4 nitrogen and oxygen atoms in total. The second-order valence-electron chi connectivity index (χ2n) is 5.68. The quantitative estimate of drug-likeness (QED) is 0.389. The van der Waals surface area contributed by atoms with Gasteiger partial charge in [-0.25, -0.2) is 0 Å². The molecular formula is C21H18Cl2N2O2. The van der Waals surface area contributed by atoms with Crippen LogP contribution in [-0.4, -0.2) is 13.3 Å². The van der Waals surface area contributed by atoms with Crippen LogP contribution in [0.15, 0.2) is 71.8 Å². The summed E-state index contributed by atoms with van der Waals surface area (Å²) in [5.41, 5.74) is 5.70. The van der Waals surface area contributed by atoms with Crippen LogP contribution in [0.4, 0.5) is 5.69 Å². The van der Waals surface area contributed by atoms with E-state index in [1.54, 1.807) is 25.5 Å². The van der Waals surface area contributed by atoms with E-state index < -0.39 is 0 Å². The van der Waals surface area contributed by atoms with Crippen LogP contribution in [0, 0.1) is 0 Å². The molecule has 3 aromatic rings. The average Bonchev–Trinajstić information content (AvgIpc) is 2.70. The van der Waals surface area contributed by atoms with E-state index in [-0.39, 0.29) is 0 Å². The van der Waals surface area contributed by atoms with Crippen molar-refractivity contribution in [1.82, 2.24) is 0 Å². The molecule has 0 bridgehead atoms. The van der Waals surface area contributed by atoms with E-state index in [4.69, 9.17) is 32.7 Å². The maximum Gasteiger partial charge on any atom is 0.161 e. The lowest BCUT2D eigenvalue weighted by molar-refractivity contribution is 0.284. The SMILES string of the molecule is COc1cc(C=NNc2ccccc2)ccc1OCc1ccc(Cl)c(Cl)c1. The van der Waals surface area contributed by atoms with E-state index in [0.29, 0.717) is 28.2 Å². The molecular weight excluding hydrogens is 383 g/mol. The minimum absolute atomic E-state index is 0.357. The summed E-state index contributed by atoms with van der Waals surface area (Å²) in [6, 6.07) is 20.8. The Kier molecular flexibility index (Phi) is 6.58. The Hall–Kier alpha value is -2.69. The van der Waals surface area contributed by atoms with E-state index in [1.807, 2.05) is 54.6 Å². The Morgan fingerprint density at radius 3 is 2.48 bits per heavy atom. The number of nitrogens with one attached hydrogen (secondary N) is 1. The van der Waals surface area contributed by atoms with Gasteiger partial charge < -0.3 is 9.47 Å². The number of para-hydroxylation sites is 1. The summed E-state index contributed by atoms with van der Waals surface area (Å²) in [7, 11) is 1.60. The fraction of sp³-hybridized carbons (Fsp3) is 0.0952. The Morgan fingerprint density at radius 2 is 1.74 bits per heavy atom. The number of hydrogen-bond donors (Lipinski definition) is 1. The predicted octanol–water partition coefficient (Wildman–Crippen LogP) is 6.03. The van der Waals surface area contributed by atoms with Crippen molar-refractivity contribution in [1.29, 1.82) is 0 Å². The van der Waals surface area contributed by atoms with Crippen LogP contribution in [0.25, 0.3) is 0 Å². The third-order valence-electron chi connectivity index (χ3n) is 3.75. The molecule has 0 aliphatic carbocycles. The zero-order valence-corrected chi connectivity index (χ0v) is 16.2. The lowest BCUT2D eigenvalue weighted by atomic mass is 10.2. The van der Waals surface area contributed by atoms with Gasteiger partial charge in [-0.15, -0.1) is 0 Å². The molecule has 0 heterocycles. The highest BCUT2D eigenvalue weighted by Crippen LogP contribution is 2.29. The molecule has 6 heteroatoms. The van der Waals surface area contributed by atoms with E-state index in [9.17, 15) is 0 Å². The molecule has 0 aromatic heterocycles. The molecule has 0 unspecified atom stereocenters. The maximum atomic E-state index is 6.04. The minimum Gasteiger partial charge on any atom is -0.493 e. The molecule has 138 valence electrons. The van der Waals surface area contributed by atoms with Gasteiger partial charge in [-0.2, -0.15) is 5.10 Å². The first-order valence-electron chi connectivity index (χ1n) is 8.24. The van der Waals surface area contributed by atoms with Crippen molar-refractivity contribution in [3.63, 3.8) is 0 Å². The monoisotopic (exact) mass is 400 g/mol. The molecule has 0 amide bonds. The standard InChI is InChI=1S/C21H18Cl2N2O2/c1-26-21-12-15(13-24-25-17-5-3-2-4-6-17)8-10-20(21)27-14-16-7-9-18(22)19(23)11-16/h2-13,25H,14H2,1H3. The molecule has 3 rings (SSSR count). The zero-order valence-electron chi connectivity index (χ0n) is 14.7. The normalized spacial score (nSPS) is 10.8. The number of halogens is 2. The smallest absolute Gasteiger partial charge is 0.161 e. The van der Waals surface area contributed by atoms with Gasteiger partial charge in [0, 0.05) is 0 Å². The molecule has 3 aromatic carbocycles. The summed E-state index contributed by atoms with van der Waals surface area (Å²) in [5.74, 6) is 1.26. The summed E-state index contributed by atoms with van der Waals surface area (Å²) in [4.78, 5) is 0. The van der Waals surface area contributed by atoms with Crippen LogP contribution in [0.2, 0.25) is 10.0 Å². The number of nitrogens with zero attached hydrogens (tertiary/aromatic N) is 1. The fourth-order valence-corrected chi connectivity index (χ4v) is 2.69. The van der Waals surface area contributed by atoms with Crippen LogP contribution < -0.4 is 14.9 Å². The van der Waals surface area contributed by atoms with Gasteiger partial charge in [0.1, 0.15) is 6.61 Å². The van der Waals surface area contributed by atoms with E-state index >= 15 is 0 Å². The number of anilines is 1. The maximum absolute atomic E-state index is 6.04. The molecule has 1 N–H and O–H groups in total. The van der Waals surface area contributed by atoms with Gasteiger partial charge in [-0.05, 0) is 53.6 Å². The van der Waals surface area contributed by atoms with Gasteiger partial charge in [0.2, 0.25) is 0 Å². The van der Waals surface area contributed by atoms with Crippen LogP contribution in [0.1, 0.15) is 11.1 Å². The third-order valence-corrected chi connectivity index (χ3v) is 4.49.